The number of hydrogen-bond donors (Lipinski definition) is 3. The summed E-state index contributed by atoms with van der Waals surface area (Å²) in [6.45, 7) is 2.02. The average Bonchev–Trinajstić information content (AvgIpc) is 2.44. The van der Waals surface area contributed by atoms with Crippen molar-refractivity contribution < 1.29 is 0 Å². The Balaban J connectivity index is 2.59. The van der Waals surface area contributed by atoms with E-state index < -0.39 is 0 Å². The fourth-order valence-electron chi connectivity index (χ4n) is 0.727. The second-order valence-corrected chi connectivity index (χ2v) is 3.00. The molecule has 0 aromatic rings. The topological polar surface area (TPSA) is 103 Å². The molecule has 0 unspecified atom stereocenters. The molecule has 0 radical (unpaired) electrons. The highest BCUT2D eigenvalue weighted by Gasteiger charge is 2.37. The fourth-order valence-corrected chi connectivity index (χ4v) is 0.727. The van der Waals surface area contributed by atoms with Gasteiger partial charge in [0.15, 0.2) is 5.96 Å². The third-order valence-corrected chi connectivity index (χ3v) is 1.60. The van der Waals surface area contributed by atoms with Gasteiger partial charge >= 0.3 is 0 Å². The molecule has 0 bridgehead atoms. The smallest absolute Gasteiger partial charge is 0.219 e. The molecule has 5 heteroatoms. The molecule has 0 aliphatic heterocycles. The fraction of sp³-hybridized carbons (Fsp3) is 0.667. The van der Waals surface area contributed by atoms with Crippen LogP contribution >= 0.6 is 0 Å². The van der Waals surface area contributed by atoms with Crippen molar-refractivity contribution in [3.63, 3.8) is 0 Å². The van der Waals surface area contributed by atoms with E-state index in [-0.39, 0.29) is 17.5 Å². The Labute approximate surface area is 65.4 Å². The minimum Gasteiger partial charge on any atom is -0.370 e. The predicted molar refractivity (Wildman–Crippen MR) is 45.1 cm³/mol. The molecule has 1 saturated carbocycles. The van der Waals surface area contributed by atoms with Gasteiger partial charge in [0.2, 0.25) is 5.96 Å². The largest absolute Gasteiger partial charge is 0.370 e. The molecular weight excluding hydrogens is 142 g/mol. The Morgan fingerprint density at radius 3 is 2.18 bits per heavy atom. The first-order chi connectivity index (χ1) is 5.02. The molecule has 1 rings (SSSR count). The third kappa shape index (κ3) is 2.45. The van der Waals surface area contributed by atoms with Crippen molar-refractivity contribution in [1.29, 1.82) is 0 Å². The van der Waals surface area contributed by atoms with Crippen LogP contribution in [0.3, 0.4) is 0 Å². The molecule has 0 spiro atoms. The van der Waals surface area contributed by atoms with Crippen molar-refractivity contribution >= 4 is 11.9 Å². The number of aliphatic imine (C=N–C) groups is 2. The molecule has 0 saturated heterocycles. The lowest BCUT2D eigenvalue weighted by Crippen LogP contribution is -2.27. The van der Waals surface area contributed by atoms with Crippen LogP contribution in [0.4, 0.5) is 0 Å². The Kier molecular flexibility index (Phi) is 1.72. The van der Waals surface area contributed by atoms with Crippen molar-refractivity contribution in [1.82, 2.24) is 0 Å². The highest BCUT2D eigenvalue weighted by atomic mass is 15.1. The van der Waals surface area contributed by atoms with Gasteiger partial charge in [-0.3, -0.25) is 0 Å². The summed E-state index contributed by atoms with van der Waals surface area (Å²) in [6.07, 6.45) is 2.13. The SMILES string of the molecule is CC1(N=C(N)N=C(N)N)CC1. The van der Waals surface area contributed by atoms with Gasteiger partial charge in [-0.15, -0.1) is 0 Å². The van der Waals surface area contributed by atoms with Crippen LogP contribution in [0.1, 0.15) is 19.8 Å². The molecule has 1 fully saturated rings. The lowest BCUT2D eigenvalue weighted by atomic mass is 10.3. The van der Waals surface area contributed by atoms with Crippen LogP contribution < -0.4 is 17.2 Å². The monoisotopic (exact) mass is 155 g/mol. The van der Waals surface area contributed by atoms with Gasteiger partial charge in [-0.1, -0.05) is 0 Å². The summed E-state index contributed by atoms with van der Waals surface area (Å²) >= 11 is 0. The summed E-state index contributed by atoms with van der Waals surface area (Å²) in [7, 11) is 0. The highest BCUT2D eigenvalue weighted by Crippen LogP contribution is 2.38. The molecule has 0 aromatic carbocycles. The summed E-state index contributed by atoms with van der Waals surface area (Å²) in [5, 5.41) is 0. The van der Waals surface area contributed by atoms with E-state index in [0.717, 1.165) is 12.8 Å². The van der Waals surface area contributed by atoms with E-state index in [9.17, 15) is 0 Å². The average molecular weight is 155 g/mol. The first-order valence-corrected chi connectivity index (χ1v) is 3.47. The van der Waals surface area contributed by atoms with Gasteiger partial charge in [0.25, 0.3) is 0 Å². The van der Waals surface area contributed by atoms with Crippen molar-refractivity contribution in [3.05, 3.63) is 0 Å². The molecule has 0 atom stereocenters. The third-order valence-electron chi connectivity index (χ3n) is 1.60. The molecule has 0 amide bonds. The van der Waals surface area contributed by atoms with E-state index in [0.29, 0.717) is 0 Å². The van der Waals surface area contributed by atoms with E-state index in [1.54, 1.807) is 0 Å². The zero-order chi connectivity index (χ0) is 8.48. The zero-order valence-electron chi connectivity index (χ0n) is 6.54. The summed E-state index contributed by atoms with van der Waals surface area (Å²) in [5.41, 5.74) is 15.6. The zero-order valence-corrected chi connectivity index (χ0v) is 6.54. The summed E-state index contributed by atoms with van der Waals surface area (Å²) in [5.74, 6) is 0.125. The number of rotatable bonds is 1. The highest BCUT2D eigenvalue weighted by molar-refractivity contribution is 5.92. The van der Waals surface area contributed by atoms with Gasteiger partial charge < -0.3 is 17.2 Å². The summed E-state index contributed by atoms with van der Waals surface area (Å²) < 4.78 is 0. The van der Waals surface area contributed by atoms with Crippen molar-refractivity contribution in [2.45, 2.75) is 25.3 Å². The number of hydrogen-bond acceptors (Lipinski definition) is 1. The Morgan fingerprint density at radius 1 is 1.27 bits per heavy atom. The van der Waals surface area contributed by atoms with Crippen molar-refractivity contribution in [2.75, 3.05) is 0 Å². The maximum atomic E-state index is 5.40. The maximum absolute atomic E-state index is 5.40. The quantitative estimate of drug-likeness (QED) is 0.338. The molecule has 1 aliphatic carbocycles. The van der Waals surface area contributed by atoms with Crippen LogP contribution in [-0.4, -0.2) is 17.5 Å². The van der Waals surface area contributed by atoms with Crippen molar-refractivity contribution in [2.24, 2.45) is 27.2 Å². The van der Waals surface area contributed by atoms with Crippen LogP contribution in [0.25, 0.3) is 0 Å². The molecule has 62 valence electrons. The van der Waals surface area contributed by atoms with E-state index in [1.165, 1.54) is 0 Å². The van der Waals surface area contributed by atoms with E-state index in [4.69, 9.17) is 17.2 Å². The van der Waals surface area contributed by atoms with Gasteiger partial charge in [-0.05, 0) is 19.8 Å². The van der Waals surface area contributed by atoms with E-state index in [2.05, 4.69) is 9.98 Å². The standard InChI is InChI=1S/C6H13N5/c1-6(2-3-6)11-5(9)10-4(7)8/h2-3H2,1H3,(H6,7,8,9,10,11). The molecule has 1 aliphatic rings. The van der Waals surface area contributed by atoms with E-state index in [1.807, 2.05) is 6.92 Å². The van der Waals surface area contributed by atoms with Gasteiger partial charge in [-0.25, -0.2) is 4.99 Å². The van der Waals surface area contributed by atoms with E-state index >= 15 is 0 Å². The van der Waals surface area contributed by atoms with Crippen LogP contribution in [-0.2, 0) is 0 Å². The van der Waals surface area contributed by atoms with Crippen LogP contribution in [0.2, 0.25) is 0 Å². The number of guanidine groups is 2. The molecule has 6 N–H and O–H groups in total. The first kappa shape index (κ1) is 7.84. The first-order valence-electron chi connectivity index (χ1n) is 3.47. The second-order valence-electron chi connectivity index (χ2n) is 3.00. The molecular formula is C6H13N5. The number of nitrogens with two attached hydrogens (primary N) is 3. The van der Waals surface area contributed by atoms with Crippen LogP contribution in [0, 0.1) is 0 Å². The molecule has 0 heterocycles. The second kappa shape index (κ2) is 2.41. The molecule has 0 aromatic heterocycles. The van der Waals surface area contributed by atoms with Gasteiger partial charge in [0, 0.05) is 0 Å². The molecule has 5 nitrogen and oxygen atoms in total. The minimum absolute atomic E-state index is 0.00301. The lowest BCUT2D eigenvalue weighted by Gasteiger charge is -1.99. The van der Waals surface area contributed by atoms with Gasteiger partial charge in [-0.2, -0.15) is 4.99 Å². The summed E-state index contributed by atoms with van der Waals surface area (Å²) in [6, 6.07) is 0. The van der Waals surface area contributed by atoms with Crippen LogP contribution in [0.15, 0.2) is 9.98 Å². The Hall–Kier alpha value is -1.26. The van der Waals surface area contributed by atoms with Crippen LogP contribution in [0.5, 0.6) is 0 Å². The normalized spacial score (nSPS) is 21.0. The number of nitrogens with zero attached hydrogens (tertiary/aromatic N) is 2. The van der Waals surface area contributed by atoms with Crippen molar-refractivity contribution in [3.8, 4) is 0 Å². The van der Waals surface area contributed by atoms with Gasteiger partial charge in [0.1, 0.15) is 0 Å². The molecule has 11 heavy (non-hydrogen) atoms. The Morgan fingerprint density at radius 2 is 1.82 bits per heavy atom. The Bertz CT molecular complexity index is 209. The lowest BCUT2D eigenvalue weighted by molar-refractivity contribution is 0.761. The van der Waals surface area contributed by atoms with Gasteiger partial charge in [0.05, 0.1) is 5.54 Å². The predicted octanol–water partition coefficient (Wildman–Crippen LogP) is -0.873. The minimum atomic E-state index is -0.0458. The summed E-state index contributed by atoms with van der Waals surface area (Å²) in [4.78, 5) is 7.71. The maximum Gasteiger partial charge on any atom is 0.219 e.